The van der Waals surface area contributed by atoms with Gasteiger partial charge in [0, 0.05) is 43.8 Å². The fourth-order valence-electron chi connectivity index (χ4n) is 3.62. The van der Waals surface area contributed by atoms with Crippen molar-refractivity contribution in [2.75, 3.05) is 26.2 Å². The van der Waals surface area contributed by atoms with E-state index in [2.05, 4.69) is 40.4 Å². The van der Waals surface area contributed by atoms with Crippen molar-refractivity contribution in [2.45, 2.75) is 18.5 Å². The Morgan fingerprint density at radius 2 is 1.68 bits per heavy atom. The average Bonchev–Trinajstić information content (AvgIpc) is 3.23. The van der Waals surface area contributed by atoms with Gasteiger partial charge in [-0.05, 0) is 29.7 Å². The van der Waals surface area contributed by atoms with Gasteiger partial charge in [-0.1, -0.05) is 42.5 Å². The zero-order chi connectivity index (χ0) is 17.1. The van der Waals surface area contributed by atoms with Gasteiger partial charge in [0.05, 0.1) is 0 Å². The molecule has 25 heavy (non-hydrogen) atoms. The molecule has 2 unspecified atom stereocenters. The molecular weight excluding hydrogens is 312 g/mol. The lowest BCUT2D eigenvalue weighted by Gasteiger charge is -2.34. The highest BCUT2D eigenvalue weighted by atomic mass is 16.2. The van der Waals surface area contributed by atoms with Crippen LogP contribution in [0.4, 0.5) is 0 Å². The number of nitrogens with zero attached hydrogens (tertiary/aromatic N) is 1. The van der Waals surface area contributed by atoms with E-state index in [9.17, 15) is 4.79 Å². The van der Waals surface area contributed by atoms with Crippen molar-refractivity contribution in [3.63, 3.8) is 0 Å². The highest BCUT2D eigenvalue weighted by Gasteiger charge is 2.25. The second kappa shape index (κ2) is 7.35. The number of benzene rings is 2. The Morgan fingerprint density at radius 1 is 0.920 bits per heavy atom. The molecule has 0 spiro atoms. The molecule has 4 rings (SSSR count). The Hall–Kier alpha value is -2.21. The van der Waals surface area contributed by atoms with Crippen LogP contribution in [0.1, 0.15) is 40.0 Å². The number of hydrogen-bond acceptors (Lipinski definition) is 4. The fourth-order valence-corrected chi connectivity index (χ4v) is 3.62. The van der Waals surface area contributed by atoms with Gasteiger partial charge in [0.1, 0.15) is 0 Å². The molecule has 2 atom stereocenters. The van der Waals surface area contributed by atoms with Crippen molar-refractivity contribution in [1.82, 2.24) is 21.1 Å². The average molecular weight is 336 g/mol. The van der Waals surface area contributed by atoms with Gasteiger partial charge in [0.25, 0.3) is 5.91 Å². The molecule has 2 aliphatic rings. The van der Waals surface area contributed by atoms with Crippen LogP contribution in [0.5, 0.6) is 0 Å². The molecular formula is C20H24N4O. The van der Waals surface area contributed by atoms with Crippen molar-refractivity contribution in [1.29, 1.82) is 0 Å². The number of carbonyl (C=O) groups excluding carboxylic acids is 1. The Bertz CT molecular complexity index is 710. The van der Waals surface area contributed by atoms with Gasteiger partial charge < -0.3 is 10.2 Å². The maximum absolute atomic E-state index is 12.9. The summed E-state index contributed by atoms with van der Waals surface area (Å²) in [6, 6.07) is 18.9. The van der Waals surface area contributed by atoms with Crippen molar-refractivity contribution in [2.24, 2.45) is 0 Å². The minimum absolute atomic E-state index is 0.117. The summed E-state index contributed by atoms with van der Waals surface area (Å²) in [5.74, 6) is 0.117. The molecule has 2 saturated heterocycles. The SMILES string of the molecule is O=C(c1ccc(C2CCNN2)cc1)N1CCNC(c2ccccc2)C1. The highest BCUT2D eigenvalue weighted by Crippen LogP contribution is 2.21. The molecule has 2 fully saturated rings. The van der Waals surface area contributed by atoms with Crippen molar-refractivity contribution in [3.05, 3.63) is 71.3 Å². The first-order valence-electron chi connectivity index (χ1n) is 8.97. The number of amides is 1. The minimum Gasteiger partial charge on any atom is -0.335 e. The first-order valence-corrected chi connectivity index (χ1v) is 8.97. The summed E-state index contributed by atoms with van der Waals surface area (Å²) in [5.41, 5.74) is 9.63. The molecule has 0 saturated carbocycles. The maximum atomic E-state index is 12.9. The normalized spacial score (nSPS) is 23.6. The van der Waals surface area contributed by atoms with Crippen LogP contribution in [-0.4, -0.2) is 37.0 Å². The third-order valence-electron chi connectivity index (χ3n) is 5.06. The molecule has 130 valence electrons. The summed E-state index contributed by atoms with van der Waals surface area (Å²) >= 11 is 0. The predicted molar refractivity (Wildman–Crippen MR) is 98.0 cm³/mol. The zero-order valence-electron chi connectivity index (χ0n) is 14.2. The van der Waals surface area contributed by atoms with E-state index in [0.29, 0.717) is 12.6 Å². The fraction of sp³-hybridized carbons (Fsp3) is 0.350. The highest BCUT2D eigenvalue weighted by molar-refractivity contribution is 5.94. The van der Waals surface area contributed by atoms with E-state index in [1.807, 2.05) is 35.2 Å². The quantitative estimate of drug-likeness (QED) is 0.803. The lowest BCUT2D eigenvalue weighted by molar-refractivity contribution is 0.0703. The van der Waals surface area contributed by atoms with Crippen LogP contribution < -0.4 is 16.2 Å². The number of hydrogen-bond donors (Lipinski definition) is 3. The number of hydrazine groups is 1. The summed E-state index contributed by atoms with van der Waals surface area (Å²) in [6.45, 7) is 3.25. The Kier molecular flexibility index (Phi) is 4.78. The molecule has 1 amide bonds. The van der Waals surface area contributed by atoms with E-state index < -0.39 is 0 Å². The molecule has 5 heteroatoms. The lowest BCUT2D eigenvalue weighted by atomic mass is 10.0. The van der Waals surface area contributed by atoms with E-state index in [4.69, 9.17) is 0 Å². The maximum Gasteiger partial charge on any atom is 0.253 e. The van der Waals surface area contributed by atoms with Crippen LogP contribution >= 0.6 is 0 Å². The molecule has 2 aromatic rings. The Balaban J connectivity index is 1.44. The summed E-state index contributed by atoms with van der Waals surface area (Å²) in [7, 11) is 0. The molecule has 3 N–H and O–H groups in total. The number of piperazine rings is 1. The molecule has 0 radical (unpaired) electrons. The second-order valence-electron chi connectivity index (χ2n) is 6.70. The van der Waals surface area contributed by atoms with Crippen molar-refractivity contribution < 1.29 is 4.79 Å². The predicted octanol–water partition coefficient (Wildman–Crippen LogP) is 2.01. The Morgan fingerprint density at radius 3 is 2.40 bits per heavy atom. The molecule has 0 aliphatic carbocycles. The first kappa shape index (κ1) is 16.3. The molecule has 0 aromatic heterocycles. The first-order chi connectivity index (χ1) is 12.3. The smallest absolute Gasteiger partial charge is 0.253 e. The van der Waals surface area contributed by atoms with Crippen LogP contribution in [-0.2, 0) is 0 Å². The summed E-state index contributed by atoms with van der Waals surface area (Å²) in [5, 5.41) is 3.51. The monoisotopic (exact) mass is 336 g/mol. The molecule has 2 heterocycles. The number of carbonyl (C=O) groups is 1. The van der Waals surface area contributed by atoms with Gasteiger partial charge in [-0.25, -0.2) is 0 Å². The Labute approximate surface area is 148 Å². The van der Waals surface area contributed by atoms with E-state index >= 15 is 0 Å². The van der Waals surface area contributed by atoms with Crippen LogP contribution in [0, 0.1) is 0 Å². The van der Waals surface area contributed by atoms with E-state index in [1.54, 1.807) is 0 Å². The van der Waals surface area contributed by atoms with Crippen LogP contribution in [0.3, 0.4) is 0 Å². The second-order valence-corrected chi connectivity index (χ2v) is 6.70. The summed E-state index contributed by atoms with van der Waals surface area (Å²) in [6.07, 6.45) is 1.07. The molecule has 2 aromatic carbocycles. The van der Waals surface area contributed by atoms with E-state index in [0.717, 1.165) is 31.6 Å². The van der Waals surface area contributed by atoms with Gasteiger partial charge in [-0.15, -0.1) is 0 Å². The van der Waals surface area contributed by atoms with Gasteiger partial charge in [0.2, 0.25) is 0 Å². The summed E-state index contributed by atoms with van der Waals surface area (Å²) in [4.78, 5) is 14.8. The number of nitrogens with one attached hydrogen (secondary N) is 3. The molecule has 2 aliphatic heterocycles. The van der Waals surface area contributed by atoms with Crippen LogP contribution in [0.2, 0.25) is 0 Å². The van der Waals surface area contributed by atoms with Crippen molar-refractivity contribution >= 4 is 5.91 Å². The standard InChI is InChI=1S/C20H24N4O/c25-20(17-8-6-16(7-9-17)18-10-11-22-23-18)24-13-12-21-19(14-24)15-4-2-1-3-5-15/h1-9,18-19,21-23H,10-14H2. The topological polar surface area (TPSA) is 56.4 Å². The van der Waals surface area contributed by atoms with Gasteiger partial charge in [-0.2, -0.15) is 0 Å². The van der Waals surface area contributed by atoms with E-state index in [-0.39, 0.29) is 11.9 Å². The third-order valence-corrected chi connectivity index (χ3v) is 5.06. The van der Waals surface area contributed by atoms with Gasteiger partial charge >= 0.3 is 0 Å². The summed E-state index contributed by atoms with van der Waals surface area (Å²) < 4.78 is 0. The molecule has 0 bridgehead atoms. The van der Waals surface area contributed by atoms with Crippen molar-refractivity contribution in [3.8, 4) is 0 Å². The number of rotatable bonds is 3. The minimum atomic E-state index is 0.117. The largest absolute Gasteiger partial charge is 0.335 e. The van der Waals surface area contributed by atoms with Crippen LogP contribution in [0.15, 0.2) is 54.6 Å². The van der Waals surface area contributed by atoms with Gasteiger partial charge in [-0.3, -0.25) is 15.6 Å². The zero-order valence-corrected chi connectivity index (χ0v) is 14.2. The van der Waals surface area contributed by atoms with Crippen LogP contribution in [0.25, 0.3) is 0 Å². The van der Waals surface area contributed by atoms with E-state index in [1.165, 1.54) is 11.1 Å². The van der Waals surface area contributed by atoms with Gasteiger partial charge in [0.15, 0.2) is 0 Å². The molecule has 5 nitrogen and oxygen atoms in total. The lowest BCUT2D eigenvalue weighted by Crippen LogP contribution is -2.48. The third kappa shape index (κ3) is 3.58.